The topological polar surface area (TPSA) is 9.86 Å². The summed E-state index contributed by atoms with van der Waals surface area (Å²) in [5, 5.41) is 15.3. The molecule has 0 bridgehead atoms. The Labute approximate surface area is 276 Å². The van der Waals surface area contributed by atoms with Gasteiger partial charge < -0.3 is 9.13 Å². The van der Waals surface area contributed by atoms with E-state index in [9.17, 15) is 0 Å². The molecule has 0 atom stereocenters. The summed E-state index contributed by atoms with van der Waals surface area (Å²) in [7, 11) is 0. The third kappa shape index (κ3) is 3.36. The fourth-order valence-corrected chi connectivity index (χ4v) is 8.47. The lowest BCUT2D eigenvalue weighted by atomic mass is 9.98. The summed E-state index contributed by atoms with van der Waals surface area (Å²) in [6, 6.07) is 62.5. The summed E-state index contributed by atoms with van der Waals surface area (Å²) in [6.07, 6.45) is 0. The molecule has 0 radical (unpaired) electrons. The Hall–Kier alpha value is -6.38. The van der Waals surface area contributed by atoms with Crippen LogP contribution >= 0.6 is 0 Å². The first-order chi connectivity index (χ1) is 23.8. The molecule has 2 heteroatoms. The van der Waals surface area contributed by atoms with Crippen molar-refractivity contribution in [3.05, 3.63) is 170 Å². The molecule has 0 aliphatic heterocycles. The van der Waals surface area contributed by atoms with Crippen LogP contribution in [0.3, 0.4) is 0 Å². The molecule has 0 N–H and O–H groups in total. The van der Waals surface area contributed by atoms with E-state index in [4.69, 9.17) is 0 Å². The standard InChI is InChI=1S/C46H28N2/c1-2-15-32(16-3-1)47-38-25-22-29-12-4-7-17-33(29)43(38)46-37-21-11-10-20-36(37)41(28-42(46)47)48-39-26-23-30-13-5-8-18-34(30)44(39)45-35-19-9-6-14-31(35)24-27-40(45)48/h1-28H. The third-order valence-electron chi connectivity index (χ3n) is 10.4. The van der Waals surface area contributed by atoms with Crippen LogP contribution in [0.1, 0.15) is 0 Å². The monoisotopic (exact) mass is 608 g/mol. The molecule has 11 rings (SSSR count). The second-order valence-electron chi connectivity index (χ2n) is 12.9. The van der Waals surface area contributed by atoms with E-state index in [1.807, 2.05) is 0 Å². The van der Waals surface area contributed by atoms with Crippen molar-refractivity contribution < 1.29 is 0 Å². The molecule has 0 saturated carbocycles. The van der Waals surface area contributed by atoms with Crippen LogP contribution in [0.5, 0.6) is 0 Å². The fraction of sp³-hybridized carbons (Fsp3) is 0. The van der Waals surface area contributed by atoms with Gasteiger partial charge in [0, 0.05) is 32.6 Å². The van der Waals surface area contributed by atoms with Gasteiger partial charge in [0.05, 0.1) is 27.8 Å². The number of benzene rings is 9. The number of para-hydroxylation sites is 1. The number of nitrogens with zero attached hydrogens (tertiary/aromatic N) is 2. The van der Waals surface area contributed by atoms with Gasteiger partial charge in [0.15, 0.2) is 0 Å². The van der Waals surface area contributed by atoms with Crippen LogP contribution in [0, 0.1) is 0 Å². The Bertz CT molecular complexity index is 3010. The summed E-state index contributed by atoms with van der Waals surface area (Å²) in [5.41, 5.74) is 7.21. The summed E-state index contributed by atoms with van der Waals surface area (Å²) in [6.45, 7) is 0. The predicted octanol–water partition coefficient (Wildman–Crippen LogP) is 12.5. The SMILES string of the molecule is c1ccc(-n2c3ccc4ccccc4c3c3c4ccccc4c(-n4c5ccc6ccccc6c5c5c6ccccc6ccc54)cc32)cc1. The second-order valence-corrected chi connectivity index (χ2v) is 12.9. The average molecular weight is 609 g/mol. The van der Waals surface area contributed by atoms with Crippen LogP contribution < -0.4 is 0 Å². The number of hydrogen-bond acceptors (Lipinski definition) is 0. The van der Waals surface area contributed by atoms with E-state index < -0.39 is 0 Å². The maximum Gasteiger partial charge on any atom is 0.0568 e. The third-order valence-corrected chi connectivity index (χ3v) is 10.4. The molecule has 0 aliphatic carbocycles. The smallest absolute Gasteiger partial charge is 0.0568 e. The second kappa shape index (κ2) is 9.57. The largest absolute Gasteiger partial charge is 0.309 e. The zero-order chi connectivity index (χ0) is 31.3. The van der Waals surface area contributed by atoms with E-state index >= 15 is 0 Å². The predicted molar refractivity (Wildman–Crippen MR) is 205 cm³/mol. The Kier molecular flexibility index (Phi) is 5.14. The van der Waals surface area contributed by atoms with Crippen LogP contribution in [-0.4, -0.2) is 9.13 Å². The molecular weight excluding hydrogens is 581 g/mol. The summed E-state index contributed by atoms with van der Waals surface area (Å²) in [5.74, 6) is 0. The molecule has 2 heterocycles. The molecule has 0 saturated heterocycles. The van der Waals surface area contributed by atoms with Crippen LogP contribution in [-0.2, 0) is 0 Å². The summed E-state index contributed by atoms with van der Waals surface area (Å²) in [4.78, 5) is 0. The van der Waals surface area contributed by atoms with Gasteiger partial charge in [0.2, 0.25) is 0 Å². The lowest BCUT2D eigenvalue weighted by Crippen LogP contribution is -1.98. The molecule has 2 aromatic heterocycles. The lowest BCUT2D eigenvalue weighted by molar-refractivity contribution is 1.16. The van der Waals surface area contributed by atoms with E-state index in [0.717, 1.165) is 5.69 Å². The van der Waals surface area contributed by atoms with Gasteiger partial charge in [-0.25, -0.2) is 0 Å². The number of hydrogen-bond donors (Lipinski definition) is 0. The zero-order valence-corrected chi connectivity index (χ0v) is 26.1. The molecular formula is C46H28N2. The molecule has 9 aromatic carbocycles. The van der Waals surface area contributed by atoms with Crippen molar-refractivity contribution in [3.63, 3.8) is 0 Å². The maximum absolute atomic E-state index is 2.52. The van der Waals surface area contributed by atoms with Crippen molar-refractivity contribution in [3.8, 4) is 11.4 Å². The molecule has 0 aliphatic rings. The van der Waals surface area contributed by atoms with Crippen LogP contribution in [0.4, 0.5) is 0 Å². The Morgan fingerprint density at radius 3 is 1.19 bits per heavy atom. The Balaban J connectivity index is 1.40. The van der Waals surface area contributed by atoms with E-state index in [0.29, 0.717) is 0 Å². The van der Waals surface area contributed by atoms with Crippen molar-refractivity contribution >= 4 is 86.7 Å². The van der Waals surface area contributed by atoms with Crippen molar-refractivity contribution in [2.45, 2.75) is 0 Å². The maximum atomic E-state index is 2.52. The molecule has 11 aromatic rings. The van der Waals surface area contributed by atoms with E-state index in [1.165, 1.54) is 92.4 Å². The van der Waals surface area contributed by atoms with Gasteiger partial charge in [-0.1, -0.05) is 133 Å². The highest BCUT2D eigenvalue weighted by Crippen LogP contribution is 2.46. The first-order valence-electron chi connectivity index (χ1n) is 16.6. The Morgan fingerprint density at radius 1 is 0.271 bits per heavy atom. The van der Waals surface area contributed by atoms with E-state index in [2.05, 4.69) is 179 Å². The summed E-state index contributed by atoms with van der Waals surface area (Å²) < 4.78 is 4.99. The number of aromatic nitrogens is 2. The quantitative estimate of drug-likeness (QED) is 0.185. The first-order valence-corrected chi connectivity index (χ1v) is 16.6. The van der Waals surface area contributed by atoms with Crippen molar-refractivity contribution in [2.75, 3.05) is 0 Å². The van der Waals surface area contributed by atoms with Crippen molar-refractivity contribution in [1.82, 2.24) is 9.13 Å². The molecule has 0 unspecified atom stereocenters. The lowest BCUT2D eigenvalue weighted by Gasteiger charge is -2.15. The highest BCUT2D eigenvalue weighted by Gasteiger charge is 2.23. The molecule has 2 nitrogen and oxygen atoms in total. The molecule has 222 valence electrons. The van der Waals surface area contributed by atoms with Gasteiger partial charge in [0.1, 0.15) is 0 Å². The molecule has 0 amide bonds. The minimum atomic E-state index is 1.16. The Morgan fingerprint density at radius 2 is 0.667 bits per heavy atom. The zero-order valence-electron chi connectivity index (χ0n) is 26.1. The molecule has 0 fully saturated rings. The van der Waals surface area contributed by atoms with Gasteiger partial charge in [-0.2, -0.15) is 0 Å². The van der Waals surface area contributed by atoms with Crippen LogP contribution in [0.25, 0.3) is 98.1 Å². The van der Waals surface area contributed by atoms with Gasteiger partial charge >= 0.3 is 0 Å². The van der Waals surface area contributed by atoms with Crippen molar-refractivity contribution in [2.24, 2.45) is 0 Å². The van der Waals surface area contributed by atoms with Crippen LogP contribution in [0.15, 0.2) is 170 Å². The van der Waals surface area contributed by atoms with Crippen LogP contribution in [0.2, 0.25) is 0 Å². The first kappa shape index (κ1) is 25.8. The fourth-order valence-electron chi connectivity index (χ4n) is 8.47. The normalized spacial score (nSPS) is 12.2. The molecule has 0 spiro atoms. The van der Waals surface area contributed by atoms with Crippen molar-refractivity contribution in [1.29, 1.82) is 0 Å². The number of rotatable bonds is 2. The van der Waals surface area contributed by atoms with E-state index in [1.54, 1.807) is 0 Å². The summed E-state index contributed by atoms with van der Waals surface area (Å²) >= 11 is 0. The highest BCUT2D eigenvalue weighted by molar-refractivity contribution is 6.32. The molecule has 48 heavy (non-hydrogen) atoms. The number of fused-ring (bicyclic) bond motifs is 14. The van der Waals surface area contributed by atoms with Gasteiger partial charge in [-0.3, -0.25) is 0 Å². The highest BCUT2D eigenvalue weighted by atomic mass is 15.0. The average Bonchev–Trinajstić information content (AvgIpc) is 3.68. The van der Waals surface area contributed by atoms with Gasteiger partial charge in [-0.05, 0) is 74.1 Å². The van der Waals surface area contributed by atoms with Gasteiger partial charge in [0.25, 0.3) is 0 Å². The van der Waals surface area contributed by atoms with Gasteiger partial charge in [-0.15, -0.1) is 0 Å². The van der Waals surface area contributed by atoms with E-state index in [-0.39, 0.29) is 0 Å². The minimum Gasteiger partial charge on any atom is -0.309 e. The minimum absolute atomic E-state index is 1.16.